The van der Waals surface area contributed by atoms with Gasteiger partial charge < -0.3 is 4.98 Å². The summed E-state index contributed by atoms with van der Waals surface area (Å²) >= 11 is 13.1. The normalized spacial score (nSPS) is 11.0. The number of nitro benzene ring substituents is 2. The second kappa shape index (κ2) is 6.87. The van der Waals surface area contributed by atoms with Crippen molar-refractivity contribution in [3.05, 3.63) is 66.2 Å². The van der Waals surface area contributed by atoms with E-state index in [-0.39, 0.29) is 17.1 Å². The number of halogens is 2. The molecule has 1 N–H and O–H groups in total. The molecule has 3 rings (SSSR count). The fraction of sp³-hybridized carbons (Fsp3) is 0.0714. The zero-order valence-corrected chi connectivity index (χ0v) is 14.6. The molecule has 0 saturated heterocycles. The van der Waals surface area contributed by atoms with Crippen molar-refractivity contribution < 1.29 is 9.85 Å². The van der Waals surface area contributed by atoms with Gasteiger partial charge in [-0.25, -0.2) is 4.98 Å². The van der Waals surface area contributed by atoms with Crippen LogP contribution in [0.15, 0.2) is 35.5 Å². The monoisotopic (exact) mass is 398 g/mol. The van der Waals surface area contributed by atoms with Crippen LogP contribution in [0.25, 0.3) is 11.0 Å². The number of nitro groups is 2. The number of imidazole rings is 1. The van der Waals surface area contributed by atoms with Gasteiger partial charge in [-0.05, 0) is 18.2 Å². The Balaban J connectivity index is 1.86. The minimum atomic E-state index is -0.670. The van der Waals surface area contributed by atoms with Crippen LogP contribution in [-0.2, 0) is 5.75 Å². The molecule has 0 radical (unpaired) electrons. The summed E-state index contributed by atoms with van der Waals surface area (Å²) < 4.78 is 0. The molecule has 0 saturated carbocycles. The molecule has 8 nitrogen and oxygen atoms in total. The van der Waals surface area contributed by atoms with Crippen molar-refractivity contribution in [1.29, 1.82) is 0 Å². The van der Waals surface area contributed by atoms with Gasteiger partial charge in [-0.3, -0.25) is 20.2 Å². The number of nitrogens with zero attached hydrogens (tertiary/aromatic N) is 3. The van der Waals surface area contributed by atoms with Gasteiger partial charge in [0.15, 0.2) is 5.16 Å². The third kappa shape index (κ3) is 3.68. The largest absolute Gasteiger partial charge is 0.333 e. The summed E-state index contributed by atoms with van der Waals surface area (Å²) in [6.45, 7) is 0. The van der Waals surface area contributed by atoms with E-state index >= 15 is 0 Å². The number of hydrogen-bond acceptors (Lipinski definition) is 6. The summed E-state index contributed by atoms with van der Waals surface area (Å²) in [7, 11) is 0. The highest BCUT2D eigenvalue weighted by atomic mass is 35.5. The second-order valence-corrected chi connectivity index (χ2v) is 6.72. The predicted molar refractivity (Wildman–Crippen MR) is 95.4 cm³/mol. The summed E-state index contributed by atoms with van der Waals surface area (Å²) in [5.41, 5.74) is 1.04. The molecule has 1 heterocycles. The van der Waals surface area contributed by atoms with Crippen LogP contribution in [0, 0.1) is 20.2 Å². The molecule has 0 bridgehead atoms. The fourth-order valence-electron chi connectivity index (χ4n) is 2.15. The number of hydrogen-bond donors (Lipinski definition) is 1. The van der Waals surface area contributed by atoms with E-state index in [2.05, 4.69) is 9.97 Å². The number of benzene rings is 2. The van der Waals surface area contributed by atoms with Gasteiger partial charge in [-0.15, -0.1) is 0 Å². The van der Waals surface area contributed by atoms with E-state index < -0.39 is 9.85 Å². The minimum Gasteiger partial charge on any atom is -0.333 e. The molecule has 0 unspecified atom stereocenters. The zero-order chi connectivity index (χ0) is 18.1. The van der Waals surface area contributed by atoms with Crippen molar-refractivity contribution in [2.45, 2.75) is 10.9 Å². The van der Waals surface area contributed by atoms with Gasteiger partial charge >= 0.3 is 0 Å². The molecule has 0 amide bonds. The Bertz CT molecular complexity index is 969. The molecule has 0 spiro atoms. The Hall–Kier alpha value is -2.36. The molecule has 0 atom stereocenters. The molecule has 11 heteroatoms. The summed E-state index contributed by atoms with van der Waals surface area (Å²) in [4.78, 5) is 28.0. The Morgan fingerprint density at radius 3 is 2.48 bits per heavy atom. The standard InChI is InChI=1S/C14H8Cl2N4O4S/c15-9-4-11-12(5-10(9)16)18-14(17-11)25-6-7-1-2-8(19(21)22)3-13(7)20(23)24/h1-5H,6H2,(H,17,18). The molecule has 128 valence electrons. The number of aromatic nitrogens is 2. The third-order valence-electron chi connectivity index (χ3n) is 3.34. The number of aromatic amines is 1. The van der Waals surface area contributed by atoms with Crippen molar-refractivity contribution in [1.82, 2.24) is 9.97 Å². The van der Waals surface area contributed by atoms with Crippen LogP contribution in [0.2, 0.25) is 10.0 Å². The minimum absolute atomic E-state index is 0.218. The quantitative estimate of drug-likeness (QED) is 0.368. The van der Waals surface area contributed by atoms with Gasteiger partial charge in [0, 0.05) is 17.4 Å². The maximum absolute atomic E-state index is 11.1. The summed E-state index contributed by atoms with van der Waals surface area (Å²) in [5, 5.41) is 23.2. The van der Waals surface area contributed by atoms with E-state index in [9.17, 15) is 20.2 Å². The summed E-state index contributed by atoms with van der Waals surface area (Å²) in [6.07, 6.45) is 0. The van der Waals surface area contributed by atoms with Crippen molar-refractivity contribution in [2.24, 2.45) is 0 Å². The van der Waals surface area contributed by atoms with Gasteiger partial charge in [0.2, 0.25) is 0 Å². The van der Waals surface area contributed by atoms with Gasteiger partial charge in [-0.1, -0.05) is 35.0 Å². The lowest BCUT2D eigenvalue weighted by molar-refractivity contribution is -0.394. The predicted octanol–water partition coefficient (Wildman–Crippen LogP) is 4.98. The van der Waals surface area contributed by atoms with Crippen LogP contribution >= 0.6 is 35.0 Å². The van der Waals surface area contributed by atoms with Gasteiger partial charge in [0.05, 0.1) is 37.0 Å². The number of nitrogens with one attached hydrogen (secondary N) is 1. The SMILES string of the molecule is O=[N+]([O-])c1ccc(CSc2nc3cc(Cl)c(Cl)cc3[nH]2)c([N+](=O)[O-])c1. The Morgan fingerprint density at radius 2 is 1.80 bits per heavy atom. The number of fused-ring (bicyclic) bond motifs is 1. The van der Waals surface area contributed by atoms with E-state index in [1.165, 1.54) is 23.9 Å². The maximum atomic E-state index is 11.1. The second-order valence-electron chi connectivity index (χ2n) is 4.94. The Labute approximate surface area is 154 Å². The first-order valence-electron chi connectivity index (χ1n) is 6.74. The van der Waals surface area contributed by atoms with Crippen LogP contribution in [0.4, 0.5) is 11.4 Å². The average molecular weight is 399 g/mol. The average Bonchev–Trinajstić information content (AvgIpc) is 2.94. The van der Waals surface area contributed by atoms with Crippen LogP contribution in [0.1, 0.15) is 5.56 Å². The molecule has 0 aliphatic rings. The molecule has 1 aromatic heterocycles. The highest BCUT2D eigenvalue weighted by Gasteiger charge is 2.19. The van der Waals surface area contributed by atoms with E-state index in [1.807, 2.05) is 0 Å². The number of non-ortho nitro benzene ring substituents is 1. The van der Waals surface area contributed by atoms with Crippen LogP contribution in [-0.4, -0.2) is 19.8 Å². The lowest BCUT2D eigenvalue weighted by Gasteiger charge is -2.01. The first-order chi connectivity index (χ1) is 11.8. The maximum Gasteiger partial charge on any atom is 0.280 e. The molecular formula is C14H8Cl2N4O4S. The summed E-state index contributed by atoms with van der Waals surface area (Å²) in [5.74, 6) is 0.218. The molecule has 0 aliphatic carbocycles. The molecule has 0 fully saturated rings. The molecule has 0 aliphatic heterocycles. The van der Waals surface area contributed by atoms with Crippen molar-refractivity contribution >= 4 is 57.4 Å². The lowest BCUT2D eigenvalue weighted by Crippen LogP contribution is -1.97. The molecular weight excluding hydrogens is 391 g/mol. The highest BCUT2D eigenvalue weighted by molar-refractivity contribution is 7.98. The van der Waals surface area contributed by atoms with Gasteiger partial charge in [-0.2, -0.15) is 0 Å². The van der Waals surface area contributed by atoms with E-state index in [0.717, 1.165) is 6.07 Å². The van der Waals surface area contributed by atoms with Crippen LogP contribution < -0.4 is 0 Å². The van der Waals surface area contributed by atoms with Crippen LogP contribution in [0.3, 0.4) is 0 Å². The van der Waals surface area contributed by atoms with Crippen molar-refractivity contribution in [3.8, 4) is 0 Å². The molecule has 25 heavy (non-hydrogen) atoms. The number of H-pyrrole nitrogens is 1. The van der Waals surface area contributed by atoms with E-state index in [0.29, 0.717) is 31.8 Å². The highest BCUT2D eigenvalue weighted by Crippen LogP contribution is 2.32. The number of rotatable bonds is 5. The summed E-state index contributed by atoms with van der Waals surface area (Å²) in [6, 6.07) is 6.83. The first-order valence-corrected chi connectivity index (χ1v) is 8.48. The topological polar surface area (TPSA) is 115 Å². The molecule has 3 aromatic rings. The van der Waals surface area contributed by atoms with Gasteiger partial charge in [0.25, 0.3) is 11.4 Å². The number of thioether (sulfide) groups is 1. The molecule has 2 aromatic carbocycles. The Morgan fingerprint density at radius 1 is 1.08 bits per heavy atom. The van der Waals surface area contributed by atoms with Crippen molar-refractivity contribution in [2.75, 3.05) is 0 Å². The lowest BCUT2D eigenvalue weighted by atomic mass is 10.2. The first kappa shape index (κ1) is 17.5. The fourth-order valence-corrected chi connectivity index (χ4v) is 3.36. The van der Waals surface area contributed by atoms with Gasteiger partial charge in [0.1, 0.15) is 0 Å². The van der Waals surface area contributed by atoms with Crippen molar-refractivity contribution in [3.63, 3.8) is 0 Å². The van der Waals surface area contributed by atoms with E-state index in [1.54, 1.807) is 12.1 Å². The van der Waals surface area contributed by atoms with Crippen LogP contribution in [0.5, 0.6) is 0 Å². The Kier molecular flexibility index (Phi) is 4.80. The van der Waals surface area contributed by atoms with E-state index in [4.69, 9.17) is 23.2 Å². The third-order valence-corrected chi connectivity index (χ3v) is 4.99. The smallest absolute Gasteiger partial charge is 0.280 e. The zero-order valence-electron chi connectivity index (χ0n) is 12.2.